The third-order valence-corrected chi connectivity index (χ3v) is 7.10. The molecule has 10 heteroatoms. The average molecular weight is 488 g/mol. The quantitative estimate of drug-likeness (QED) is 0.371. The van der Waals surface area contributed by atoms with Gasteiger partial charge in [0.1, 0.15) is 0 Å². The fourth-order valence-corrected chi connectivity index (χ4v) is 5.14. The number of benzene rings is 2. The van der Waals surface area contributed by atoms with Gasteiger partial charge in [0, 0.05) is 29.4 Å². The minimum absolute atomic E-state index is 0.0501. The fraction of sp³-hybridized carbons (Fsp3) is 0.167. The zero-order chi connectivity index (χ0) is 24.7. The SMILES string of the molecule is COC(=O)c1ccc2c(c1)cc(Cc1ccc(C(F)(F)F)cn1)n2S(=O)(=O)c1ccc(C)cc1. The summed E-state index contributed by atoms with van der Waals surface area (Å²) in [4.78, 5) is 15.9. The Bertz CT molecular complexity index is 1470. The Morgan fingerprint density at radius 3 is 2.32 bits per heavy atom. The number of hydrogen-bond donors (Lipinski definition) is 0. The number of carbonyl (C=O) groups is 1. The highest BCUT2D eigenvalue weighted by molar-refractivity contribution is 7.90. The van der Waals surface area contributed by atoms with Crippen LogP contribution in [0.4, 0.5) is 13.2 Å². The zero-order valence-corrected chi connectivity index (χ0v) is 18.9. The number of carbonyl (C=O) groups excluding carboxylic acids is 1. The van der Waals surface area contributed by atoms with Crippen LogP contribution in [-0.2, 0) is 27.4 Å². The molecule has 0 amide bonds. The van der Waals surface area contributed by atoms with Gasteiger partial charge in [0.05, 0.1) is 28.6 Å². The van der Waals surface area contributed by atoms with Crippen molar-refractivity contribution < 1.29 is 31.1 Å². The predicted molar refractivity (Wildman–Crippen MR) is 119 cm³/mol. The Hall–Kier alpha value is -3.66. The van der Waals surface area contributed by atoms with Crippen LogP contribution in [0.15, 0.2) is 71.8 Å². The van der Waals surface area contributed by atoms with Crippen LogP contribution in [0.2, 0.25) is 0 Å². The van der Waals surface area contributed by atoms with Crippen LogP contribution >= 0.6 is 0 Å². The number of halogens is 3. The van der Waals surface area contributed by atoms with Crippen molar-refractivity contribution in [1.82, 2.24) is 8.96 Å². The lowest BCUT2D eigenvalue weighted by atomic mass is 10.1. The van der Waals surface area contributed by atoms with Gasteiger partial charge in [-0.2, -0.15) is 13.2 Å². The molecule has 0 saturated heterocycles. The number of pyridine rings is 1. The van der Waals surface area contributed by atoms with Crippen LogP contribution in [0, 0.1) is 6.92 Å². The molecule has 0 radical (unpaired) electrons. The highest BCUT2D eigenvalue weighted by Crippen LogP contribution is 2.30. The molecule has 0 N–H and O–H groups in total. The summed E-state index contributed by atoms with van der Waals surface area (Å²) in [5, 5.41) is 0.459. The van der Waals surface area contributed by atoms with E-state index in [9.17, 15) is 26.4 Å². The van der Waals surface area contributed by atoms with E-state index in [1.807, 2.05) is 6.92 Å². The minimum Gasteiger partial charge on any atom is -0.465 e. The molecular weight excluding hydrogens is 469 g/mol. The Balaban J connectivity index is 1.87. The number of ether oxygens (including phenoxy) is 1. The first-order chi connectivity index (χ1) is 16.0. The van der Waals surface area contributed by atoms with Crippen molar-refractivity contribution in [2.24, 2.45) is 0 Å². The largest absolute Gasteiger partial charge is 0.465 e. The minimum atomic E-state index is -4.53. The van der Waals surface area contributed by atoms with Gasteiger partial charge < -0.3 is 4.74 Å². The standard InChI is InChI=1S/C24H19F3N2O4S/c1-15-3-8-21(9-4-15)34(31,32)29-20(13-19-7-6-18(14-28-19)24(25,26)27)12-17-11-16(23(30)33-2)5-10-22(17)29/h3-12,14H,13H2,1-2H3. The molecule has 0 atom stereocenters. The van der Waals surface area contributed by atoms with E-state index in [1.54, 1.807) is 18.2 Å². The van der Waals surface area contributed by atoms with Gasteiger partial charge in [-0.25, -0.2) is 17.2 Å². The summed E-state index contributed by atoms with van der Waals surface area (Å²) in [5.41, 5.74) is 1.07. The molecular formula is C24H19F3N2O4S. The number of aromatic nitrogens is 2. The van der Waals surface area contributed by atoms with Crippen LogP contribution in [0.1, 0.15) is 32.9 Å². The molecule has 0 fully saturated rings. The number of rotatable bonds is 5. The Kier molecular flexibility index (Phi) is 5.94. The van der Waals surface area contributed by atoms with Crippen molar-refractivity contribution in [3.05, 3.63) is 94.9 Å². The van der Waals surface area contributed by atoms with Gasteiger partial charge in [0.25, 0.3) is 10.0 Å². The van der Waals surface area contributed by atoms with Gasteiger partial charge in [-0.05, 0) is 55.5 Å². The average Bonchev–Trinajstić information content (AvgIpc) is 3.16. The molecule has 0 unspecified atom stereocenters. The molecule has 34 heavy (non-hydrogen) atoms. The first kappa shape index (κ1) is 23.5. The Morgan fingerprint density at radius 1 is 1.03 bits per heavy atom. The van der Waals surface area contributed by atoms with Gasteiger partial charge in [0.2, 0.25) is 0 Å². The van der Waals surface area contributed by atoms with E-state index < -0.39 is 27.7 Å². The maximum absolute atomic E-state index is 13.6. The van der Waals surface area contributed by atoms with E-state index in [-0.39, 0.29) is 28.3 Å². The molecule has 6 nitrogen and oxygen atoms in total. The highest BCUT2D eigenvalue weighted by atomic mass is 32.2. The van der Waals surface area contributed by atoms with Gasteiger partial charge >= 0.3 is 12.1 Å². The number of methoxy groups -OCH3 is 1. The van der Waals surface area contributed by atoms with Crippen molar-refractivity contribution in [2.75, 3.05) is 7.11 Å². The fourth-order valence-electron chi connectivity index (χ4n) is 3.60. The molecule has 176 valence electrons. The number of hydrogen-bond acceptors (Lipinski definition) is 5. The van der Waals surface area contributed by atoms with Crippen molar-refractivity contribution in [2.45, 2.75) is 24.4 Å². The summed E-state index contributed by atoms with van der Waals surface area (Å²) in [6, 6.07) is 14.5. The molecule has 2 aromatic carbocycles. The highest BCUT2D eigenvalue weighted by Gasteiger charge is 2.31. The first-order valence-electron chi connectivity index (χ1n) is 10.1. The summed E-state index contributed by atoms with van der Waals surface area (Å²) in [7, 11) is -2.83. The molecule has 0 bridgehead atoms. The van der Waals surface area contributed by atoms with Crippen molar-refractivity contribution in [3.8, 4) is 0 Å². The Labute approximate surface area is 193 Å². The summed E-state index contributed by atoms with van der Waals surface area (Å²) in [5.74, 6) is -0.581. The predicted octanol–water partition coefficient (Wildman–Crippen LogP) is 4.98. The van der Waals surface area contributed by atoms with E-state index >= 15 is 0 Å². The first-order valence-corrected chi connectivity index (χ1v) is 11.5. The van der Waals surface area contributed by atoms with E-state index in [1.165, 1.54) is 43.5 Å². The van der Waals surface area contributed by atoms with Gasteiger partial charge in [0.15, 0.2) is 0 Å². The van der Waals surface area contributed by atoms with E-state index in [4.69, 9.17) is 4.74 Å². The third kappa shape index (κ3) is 4.41. The van der Waals surface area contributed by atoms with Crippen LogP contribution in [-0.4, -0.2) is 30.5 Å². The van der Waals surface area contributed by atoms with Gasteiger partial charge in [-0.1, -0.05) is 17.7 Å². The van der Waals surface area contributed by atoms with Gasteiger partial charge in [-0.3, -0.25) is 4.98 Å². The van der Waals surface area contributed by atoms with E-state index in [2.05, 4.69) is 4.98 Å². The molecule has 4 aromatic rings. The second-order valence-corrected chi connectivity index (χ2v) is 9.48. The second kappa shape index (κ2) is 8.60. The molecule has 0 saturated carbocycles. The molecule has 0 aliphatic heterocycles. The topological polar surface area (TPSA) is 78.3 Å². The summed E-state index contributed by atoms with van der Waals surface area (Å²) < 4.78 is 71.7. The van der Waals surface area contributed by atoms with Crippen molar-refractivity contribution in [1.29, 1.82) is 0 Å². The summed E-state index contributed by atoms with van der Waals surface area (Å²) in [6.45, 7) is 1.83. The lowest BCUT2D eigenvalue weighted by Crippen LogP contribution is -2.16. The summed E-state index contributed by atoms with van der Waals surface area (Å²) >= 11 is 0. The number of esters is 1. The zero-order valence-electron chi connectivity index (χ0n) is 18.1. The van der Waals surface area contributed by atoms with E-state index in [0.29, 0.717) is 17.1 Å². The number of nitrogens with zero attached hydrogens (tertiary/aromatic N) is 2. The third-order valence-electron chi connectivity index (χ3n) is 5.32. The van der Waals surface area contributed by atoms with Crippen molar-refractivity contribution in [3.63, 3.8) is 0 Å². The summed E-state index contributed by atoms with van der Waals surface area (Å²) in [6.07, 6.45) is -3.86. The smallest absolute Gasteiger partial charge is 0.417 e. The maximum atomic E-state index is 13.6. The van der Waals surface area contributed by atoms with Gasteiger partial charge in [-0.15, -0.1) is 0 Å². The lowest BCUT2D eigenvalue weighted by molar-refractivity contribution is -0.137. The molecule has 0 aliphatic carbocycles. The number of fused-ring (bicyclic) bond motifs is 1. The number of alkyl halides is 3. The molecule has 0 aliphatic rings. The Morgan fingerprint density at radius 2 is 1.74 bits per heavy atom. The van der Waals surface area contributed by atoms with E-state index in [0.717, 1.165) is 15.6 Å². The number of aryl methyl sites for hydroxylation is 1. The molecule has 2 aromatic heterocycles. The molecule has 0 spiro atoms. The lowest BCUT2D eigenvalue weighted by Gasteiger charge is -2.13. The normalized spacial score (nSPS) is 12.1. The van der Waals surface area contributed by atoms with Crippen LogP contribution in [0.3, 0.4) is 0 Å². The van der Waals surface area contributed by atoms with Crippen LogP contribution in [0.25, 0.3) is 10.9 Å². The monoisotopic (exact) mass is 488 g/mol. The second-order valence-electron chi connectivity index (χ2n) is 7.70. The van der Waals surface area contributed by atoms with Crippen LogP contribution < -0.4 is 0 Å². The molecule has 2 heterocycles. The molecule has 4 rings (SSSR count). The van der Waals surface area contributed by atoms with Crippen molar-refractivity contribution >= 4 is 26.9 Å². The van der Waals surface area contributed by atoms with Crippen LogP contribution in [0.5, 0.6) is 0 Å². The maximum Gasteiger partial charge on any atom is 0.417 e.